The Morgan fingerprint density at radius 1 is 0.949 bits per heavy atom. The molecule has 0 aliphatic carbocycles. The zero-order chi connectivity index (χ0) is 27.8. The van der Waals surface area contributed by atoms with Gasteiger partial charge in [-0.2, -0.15) is 5.26 Å². The van der Waals surface area contributed by atoms with E-state index in [-0.39, 0.29) is 36.9 Å². The molecule has 8 nitrogen and oxygen atoms in total. The molecular formula is C31H30N4O4. The number of para-hydroxylation sites is 1. The lowest BCUT2D eigenvalue weighted by Gasteiger charge is -2.32. The first-order chi connectivity index (χ1) is 18.9. The predicted molar refractivity (Wildman–Crippen MR) is 147 cm³/mol. The van der Waals surface area contributed by atoms with Crippen LogP contribution in [0.5, 0.6) is 0 Å². The number of carbonyl (C=O) groups is 4. The van der Waals surface area contributed by atoms with Gasteiger partial charge in [0, 0.05) is 38.5 Å². The van der Waals surface area contributed by atoms with Gasteiger partial charge in [-0.3, -0.25) is 24.1 Å². The SMILES string of the molecule is CC(=O)NCCN(C(=O)c1ccccc1)C(=O)c1cccc2c1N(C(=O)CCc1ccc(C#N)cc1)CCC2. The summed E-state index contributed by atoms with van der Waals surface area (Å²) in [4.78, 5) is 55.0. The van der Waals surface area contributed by atoms with E-state index in [0.717, 1.165) is 22.4 Å². The Hall–Kier alpha value is -4.77. The molecule has 0 bridgehead atoms. The average Bonchev–Trinajstić information content (AvgIpc) is 2.97. The Balaban J connectivity index is 1.61. The number of imide groups is 1. The third-order valence-corrected chi connectivity index (χ3v) is 6.68. The molecule has 0 saturated heterocycles. The molecule has 198 valence electrons. The molecule has 4 rings (SSSR count). The van der Waals surface area contributed by atoms with E-state index in [4.69, 9.17) is 5.26 Å². The number of fused-ring (bicyclic) bond motifs is 1. The van der Waals surface area contributed by atoms with E-state index in [2.05, 4.69) is 11.4 Å². The van der Waals surface area contributed by atoms with Crippen LogP contribution in [-0.4, -0.2) is 48.2 Å². The Morgan fingerprint density at radius 2 is 1.69 bits per heavy atom. The standard InChI is InChI=1S/C31H30N4O4/c1-22(36)33-18-20-35(30(38)26-7-3-2-4-8-26)31(39)27-11-5-9-25-10-6-19-34(29(25)27)28(37)17-16-23-12-14-24(21-32)15-13-23/h2-5,7-9,11-15H,6,10,16-20H2,1H3,(H,33,36). The number of amides is 4. The molecule has 4 amide bonds. The quantitative estimate of drug-likeness (QED) is 0.452. The minimum atomic E-state index is -0.516. The summed E-state index contributed by atoms with van der Waals surface area (Å²) in [6.07, 6.45) is 2.22. The van der Waals surface area contributed by atoms with E-state index < -0.39 is 11.8 Å². The van der Waals surface area contributed by atoms with E-state index in [1.54, 1.807) is 59.5 Å². The summed E-state index contributed by atoms with van der Waals surface area (Å²) in [5.74, 6) is -1.36. The van der Waals surface area contributed by atoms with Crippen LogP contribution in [-0.2, 0) is 22.4 Å². The van der Waals surface area contributed by atoms with Crippen molar-refractivity contribution in [2.75, 3.05) is 24.5 Å². The van der Waals surface area contributed by atoms with E-state index in [0.29, 0.717) is 36.2 Å². The average molecular weight is 523 g/mol. The van der Waals surface area contributed by atoms with E-state index in [1.807, 2.05) is 18.2 Å². The van der Waals surface area contributed by atoms with Crippen LogP contribution in [0.1, 0.15) is 57.2 Å². The number of anilines is 1. The number of rotatable bonds is 8. The molecule has 0 saturated carbocycles. The van der Waals surface area contributed by atoms with Crippen molar-refractivity contribution in [3.63, 3.8) is 0 Å². The minimum Gasteiger partial charge on any atom is -0.355 e. The molecule has 0 aromatic heterocycles. The third-order valence-electron chi connectivity index (χ3n) is 6.68. The molecule has 3 aromatic rings. The lowest BCUT2D eigenvalue weighted by atomic mass is 9.96. The third kappa shape index (κ3) is 6.57. The maximum Gasteiger partial charge on any atom is 0.262 e. The Kier molecular flexibility index (Phi) is 8.85. The molecule has 3 aromatic carbocycles. The Morgan fingerprint density at radius 3 is 2.38 bits per heavy atom. The number of nitrogens with one attached hydrogen (secondary N) is 1. The van der Waals surface area contributed by atoms with Crippen molar-refractivity contribution in [2.24, 2.45) is 0 Å². The maximum absolute atomic E-state index is 13.9. The van der Waals surface area contributed by atoms with Gasteiger partial charge in [-0.1, -0.05) is 42.5 Å². The fourth-order valence-electron chi connectivity index (χ4n) is 4.73. The number of hydrogen-bond acceptors (Lipinski definition) is 5. The number of carbonyl (C=O) groups excluding carboxylic acids is 4. The molecular weight excluding hydrogens is 492 g/mol. The summed E-state index contributed by atoms with van der Waals surface area (Å²) < 4.78 is 0. The van der Waals surface area contributed by atoms with Crippen molar-refractivity contribution < 1.29 is 19.2 Å². The second-order valence-corrected chi connectivity index (χ2v) is 9.38. The van der Waals surface area contributed by atoms with Gasteiger partial charge in [-0.25, -0.2) is 0 Å². The fourth-order valence-corrected chi connectivity index (χ4v) is 4.73. The maximum atomic E-state index is 13.9. The van der Waals surface area contributed by atoms with Crippen LogP contribution in [0.3, 0.4) is 0 Å². The lowest BCUT2D eigenvalue weighted by Crippen LogP contribution is -2.43. The van der Waals surface area contributed by atoms with Gasteiger partial charge in [0.15, 0.2) is 0 Å². The largest absolute Gasteiger partial charge is 0.355 e. The van der Waals surface area contributed by atoms with Gasteiger partial charge in [0.2, 0.25) is 11.8 Å². The van der Waals surface area contributed by atoms with Gasteiger partial charge in [0.1, 0.15) is 0 Å². The van der Waals surface area contributed by atoms with Gasteiger partial charge in [0.05, 0.1) is 22.9 Å². The van der Waals surface area contributed by atoms with Crippen molar-refractivity contribution in [3.05, 3.63) is 101 Å². The summed E-state index contributed by atoms with van der Waals surface area (Å²) in [6, 6.07) is 23.1. The topological polar surface area (TPSA) is 111 Å². The smallest absolute Gasteiger partial charge is 0.262 e. The Bertz CT molecular complexity index is 1410. The fraction of sp³-hybridized carbons (Fsp3) is 0.258. The zero-order valence-corrected chi connectivity index (χ0v) is 21.9. The van der Waals surface area contributed by atoms with Crippen molar-refractivity contribution >= 4 is 29.3 Å². The summed E-state index contributed by atoms with van der Waals surface area (Å²) in [5, 5.41) is 11.7. The summed E-state index contributed by atoms with van der Waals surface area (Å²) >= 11 is 0. The normalized spacial score (nSPS) is 12.2. The number of benzene rings is 3. The van der Waals surface area contributed by atoms with Gasteiger partial charge in [0.25, 0.3) is 11.8 Å². The molecule has 0 unspecified atom stereocenters. The first kappa shape index (κ1) is 27.3. The van der Waals surface area contributed by atoms with Crippen LogP contribution in [0.15, 0.2) is 72.8 Å². The molecule has 1 aliphatic heterocycles. The summed E-state index contributed by atoms with van der Waals surface area (Å²) in [6.45, 7) is 1.95. The highest BCUT2D eigenvalue weighted by atomic mass is 16.2. The van der Waals surface area contributed by atoms with Crippen molar-refractivity contribution in [1.29, 1.82) is 5.26 Å². The van der Waals surface area contributed by atoms with Crippen LogP contribution < -0.4 is 10.2 Å². The predicted octanol–water partition coefficient (Wildman–Crippen LogP) is 3.89. The molecule has 0 atom stereocenters. The second kappa shape index (κ2) is 12.7. The highest BCUT2D eigenvalue weighted by Gasteiger charge is 2.31. The van der Waals surface area contributed by atoms with Crippen LogP contribution >= 0.6 is 0 Å². The van der Waals surface area contributed by atoms with E-state index in [1.165, 1.54) is 6.92 Å². The zero-order valence-electron chi connectivity index (χ0n) is 21.9. The lowest BCUT2D eigenvalue weighted by molar-refractivity contribution is -0.119. The first-order valence-electron chi connectivity index (χ1n) is 13.0. The second-order valence-electron chi connectivity index (χ2n) is 9.38. The molecule has 0 radical (unpaired) electrons. The van der Waals surface area contributed by atoms with E-state index in [9.17, 15) is 19.2 Å². The molecule has 1 heterocycles. The molecule has 1 N–H and O–H groups in total. The van der Waals surface area contributed by atoms with Crippen molar-refractivity contribution in [3.8, 4) is 6.07 Å². The number of aryl methyl sites for hydroxylation is 2. The molecule has 1 aliphatic rings. The van der Waals surface area contributed by atoms with Crippen molar-refractivity contribution in [1.82, 2.24) is 10.2 Å². The number of nitriles is 1. The summed E-state index contributed by atoms with van der Waals surface area (Å²) in [5.41, 5.74) is 3.57. The van der Waals surface area contributed by atoms with E-state index >= 15 is 0 Å². The highest BCUT2D eigenvalue weighted by molar-refractivity contribution is 6.14. The molecule has 39 heavy (non-hydrogen) atoms. The van der Waals surface area contributed by atoms with Crippen LogP contribution in [0, 0.1) is 11.3 Å². The summed E-state index contributed by atoms with van der Waals surface area (Å²) in [7, 11) is 0. The van der Waals surface area contributed by atoms with Crippen LogP contribution in [0.2, 0.25) is 0 Å². The first-order valence-corrected chi connectivity index (χ1v) is 13.0. The number of hydrogen-bond donors (Lipinski definition) is 1. The number of nitrogens with zero attached hydrogens (tertiary/aromatic N) is 3. The molecule has 0 fully saturated rings. The van der Waals surface area contributed by atoms with Gasteiger partial charge in [-0.05, 0) is 60.7 Å². The van der Waals surface area contributed by atoms with Crippen LogP contribution in [0.25, 0.3) is 0 Å². The van der Waals surface area contributed by atoms with Crippen molar-refractivity contribution in [2.45, 2.75) is 32.6 Å². The monoisotopic (exact) mass is 522 g/mol. The van der Waals surface area contributed by atoms with Gasteiger partial charge in [-0.15, -0.1) is 0 Å². The molecule has 0 spiro atoms. The van der Waals surface area contributed by atoms with Crippen LogP contribution in [0.4, 0.5) is 5.69 Å². The van der Waals surface area contributed by atoms with Gasteiger partial charge >= 0.3 is 0 Å². The van der Waals surface area contributed by atoms with Gasteiger partial charge < -0.3 is 10.2 Å². The Labute approximate surface area is 227 Å². The highest BCUT2D eigenvalue weighted by Crippen LogP contribution is 2.33. The minimum absolute atomic E-state index is 0.0115. The molecule has 8 heteroatoms.